The number of rotatable bonds is 5. The standard InChI is InChI=1S/C29H21N3O8/c1-38-20-9-7-17(32(36)37)13-19(20)31-28(34)23-24(29(31)35)26(27(33)16-6-8-21-22(12-16)40-14-39-21)30-11-10-15-4-2-3-5-18(15)25(23)30/h2-13,23-26H,14H2,1H3. The van der Waals surface area contributed by atoms with Gasteiger partial charge in [0.25, 0.3) is 5.69 Å². The summed E-state index contributed by atoms with van der Waals surface area (Å²) >= 11 is 0. The molecule has 11 heteroatoms. The molecule has 0 aliphatic carbocycles. The predicted molar refractivity (Wildman–Crippen MR) is 140 cm³/mol. The summed E-state index contributed by atoms with van der Waals surface area (Å²) in [6.45, 7) is 0.0435. The van der Waals surface area contributed by atoms with Crippen LogP contribution >= 0.6 is 0 Å². The van der Waals surface area contributed by atoms with Gasteiger partial charge in [-0.3, -0.25) is 24.5 Å². The molecular formula is C29H21N3O8. The Kier molecular flexibility index (Phi) is 5.18. The van der Waals surface area contributed by atoms with Crippen LogP contribution in [0.2, 0.25) is 0 Å². The van der Waals surface area contributed by atoms with Gasteiger partial charge in [0, 0.05) is 23.9 Å². The third-order valence-corrected chi connectivity index (χ3v) is 8.00. The molecule has 11 nitrogen and oxygen atoms in total. The average Bonchev–Trinajstić information content (AvgIpc) is 3.65. The van der Waals surface area contributed by atoms with Gasteiger partial charge in [-0.05, 0) is 41.5 Å². The van der Waals surface area contributed by atoms with Crippen molar-refractivity contribution in [1.82, 2.24) is 4.90 Å². The molecule has 4 heterocycles. The zero-order chi connectivity index (χ0) is 27.7. The lowest BCUT2D eigenvalue weighted by Gasteiger charge is -2.35. The summed E-state index contributed by atoms with van der Waals surface area (Å²) in [6, 6.07) is 14.5. The molecule has 0 N–H and O–H groups in total. The van der Waals surface area contributed by atoms with E-state index < -0.39 is 40.7 Å². The van der Waals surface area contributed by atoms with E-state index >= 15 is 0 Å². The van der Waals surface area contributed by atoms with E-state index in [1.807, 2.05) is 30.3 Å². The van der Waals surface area contributed by atoms with Crippen LogP contribution in [0.4, 0.5) is 11.4 Å². The number of nitro groups is 1. The van der Waals surface area contributed by atoms with E-state index in [0.717, 1.165) is 22.1 Å². The maximum atomic E-state index is 14.2. The second-order valence-electron chi connectivity index (χ2n) is 9.89. The van der Waals surface area contributed by atoms with Crippen molar-refractivity contribution in [1.29, 1.82) is 0 Å². The Hall–Kier alpha value is -5.19. The lowest BCUT2D eigenvalue weighted by molar-refractivity contribution is -0.384. The first-order valence-corrected chi connectivity index (χ1v) is 12.6. The van der Waals surface area contributed by atoms with E-state index in [1.165, 1.54) is 19.2 Å². The Morgan fingerprint density at radius 2 is 1.77 bits per heavy atom. The molecule has 3 aromatic rings. The van der Waals surface area contributed by atoms with Gasteiger partial charge in [-0.25, -0.2) is 4.90 Å². The van der Waals surface area contributed by atoms with Gasteiger partial charge in [0.2, 0.25) is 18.6 Å². The third-order valence-electron chi connectivity index (χ3n) is 8.00. The van der Waals surface area contributed by atoms with Gasteiger partial charge in [-0.1, -0.05) is 24.3 Å². The maximum absolute atomic E-state index is 14.2. The minimum absolute atomic E-state index is 0.0263. The summed E-state index contributed by atoms with van der Waals surface area (Å²) in [5.41, 5.74) is 1.68. The highest BCUT2D eigenvalue weighted by Crippen LogP contribution is 2.54. The second-order valence-corrected chi connectivity index (χ2v) is 9.89. The van der Waals surface area contributed by atoms with Crippen molar-refractivity contribution in [3.63, 3.8) is 0 Å². The summed E-state index contributed by atoms with van der Waals surface area (Å²) in [6.07, 6.45) is 3.63. The van der Waals surface area contributed by atoms with Gasteiger partial charge >= 0.3 is 0 Å². The fourth-order valence-electron chi connectivity index (χ4n) is 6.28. The number of methoxy groups -OCH3 is 1. The number of nitrogens with zero attached hydrogens (tertiary/aromatic N) is 3. The first-order chi connectivity index (χ1) is 19.4. The van der Waals surface area contributed by atoms with Crippen LogP contribution in [-0.2, 0) is 9.59 Å². The Bertz CT molecular complexity index is 1670. The van der Waals surface area contributed by atoms with E-state index in [4.69, 9.17) is 14.2 Å². The maximum Gasteiger partial charge on any atom is 0.271 e. The molecule has 0 spiro atoms. The highest BCUT2D eigenvalue weighted by molar-refractivity contribution is 6.25. The molecule has 2 amide bonds. The van der Waals surface area contributed by atoms with Crippen LogP contribution in [0.3, 0.4) is 0 Å². The number of Topliss-reactive ketones (excluding diaryl/α,β-unsaturated/α-hetero) is 1. The Morgan fingerprint density at radius 1 is 1.00 bits per heavy atom. The fourth-order valence-corrected chi connectivity index (χ4v) is 6.28. The largest absolute Gasteiger partial charge is 0.495 e. The molecule has 4 aliphatic heterocycles. The SMILES string of the molecule is COc1ccc([N+](=O)[O-])cc1N1C(=O)C2C(C1=O)C1c3ccccc3C=CN1C2C(=O)c1ccc2c(c1)OCO2. The smallest absolute Gasteiger partial charge is 0.271 e. The zero-order valence-corrected chi connectivity index (χ0v) is 21.1. The van der Waals surface area contributed by atoms with E-state index in [2.05, 4.69) is 0 Å². The molecule has 40 heavy (non-hydrogen) atoms. The minimum atomic E-state index is -1.05. The Morgan fingerprint density at radius 3 is 2.58 bits per heavy atom. The van der Waals surface area contributed by atoms with Gasteiger partial charge in [-0.2, -0.15) is 0 Å². The number of ether oxygens (including phenoxy) is 3. The van der Waals surface area contributed by atoms with Gasteiger partial charge in [0.05, 0.1) is 29.9 Å². The van der Waals surface area contributed by atoms with Crippen LogP contribution in [0.25, 0.3) is 6.08 Å². The summed E-state index contributed by atoms with van der Waals surface area (Å²) in [4.78, 5) is 56.1. The van der Waals surface area contributed by atoms with Crippen molar-refractivity contribution in [2.24, 2.45) is 11.8 Å². The van der Waals surface area contributed by atoms with Crippen molar-refractivity contribution >= 4 is 35.0 Å². The van der Waals surface area contributed by atoms with Crippen molar-refractivity contribution in [3.8, 4) is 17.2 Å². The number of carbonyl (C=O) groups excluding carboxylic acids is 3. The second kappa shape index (κ2) is 8.67. The number of carbonyl (C=O) groups is 3. The zero-order valence-electron chi connectivity index (χ0n) is 21.1. The number of imide groups is 1. The number of non-ortho nitro benzene ring substituents is 1. The third kappa shape index (κ3) is 3.27. The Balaban J connectivity index is 1.37. The molecule has 0 aromatic heterocycles. The van der Waals surface area contributed by atoms with Gasteiger partial charge in [0.1, 0.15) is 17.5 Å². The molecule has 0 saturated carbocycles. The van der Waals surface area contributed by atoms with Crippen LogP contribution in [0, 0.1) is 22.0 Å². The van der Waals surface area contributed by atoms with Crippen molar-refractivity contribution in [3.05, 3.63) is 93.7 Å². The van der Waals surface area contributed by atoms with E-state index in [-0.39, 0.29) is 29.7 Å². The monoisotopic (exact) mass is 539 g/mol. The predicted octanol–water partition coefficient (Wildman–Crippen LogP) is 3.73. The molecule has 3 aromatic carbocycles. The first-order valence-electron chi connectivity index (χ1n) is 12.6. The molecular weight excluding hydrogens is 518 g/mol. The normalized spacial score (nSPS) is 23.6. The number of hydrogen-bond donors (Lipinski definition) is 0. The highest BCUT2D eigenvalue weighted by Gasteiger charge is 2.65. The molecule has 0 radical (unpaired) electrons. The molecule has 4 atom stereocenters. The topological polar surface area (TPSA) is 129 Å². The number of anilines is 1. The van der Waals surface area contributed by atoms with Crippen LogP contribution in [0.1, 0.15) is 27.5 Å². The van der Waals surface area contributed by atoms with Crippen molar-refractivity contribution < 1.29 is 33.5 Å². The summed E-state index contributed by atoms with van der Waals surface area (Å²) in [7, 11) is 1.35. The van der Waals surface area contributed by atoms with Crippen LogP contribution < -0.4 is 19.1 Å². The van der Waals surface area contributed by atoms with Crippen LogP contribution in [0.5, 0.6) is 17.2 Å². The summed E-state index contributed by atoms with van der Waals surface area (Å²) < 4.78 is 16.2. The summed E-state index contributed by atoms with van der Waals surface area (Å²) in [5, 5.41) is 11.5. The number of nitro benzene ring substituents is 1. The van der Waals surface area contributed by atoms with E-state index in [9.17, 15) is 24.5 Å². The molecule has 200 valence electrons. The summed E-state index contributed by atoms with van der Waals surface area (Å²) in [5.74, 6) is -2.40. The van der Waals surface area contributed by atoms with E-state index in [0.29, 0.717) is 17.1 Å². The quantitative estimate of drug-likeness (QED) is 0.206. The Labute approximate surface area is 227 Å². The lowest BCUT2D eigenvalue weighted by atomic mass is 9.83. The number of ketones is 1. The molecule has 4 aliphatic rings. The number of fused-ring (bicyclic) bond motifs is 6. The van der Waals surface area contributed by atoms with Crippen molar-refractivity contribution in [2.45, 2.75) is 12.1 Å². The number of amides is 2. The number of hydrogen-bond acceptors (Lipinski definition) is 9. The van der Waals surface area contributed by atoms with Crippen LogP contribution in [-0.4, -0.2) is 47.4 Å². The minimum Gasteiger partial charge on any atom is -0.495 e. The van der Waals surface area contributed by atoms with Gasteiger partial charge < -0.3 is 19.1 Å². The average molecular weight is 540 g/mol. The van der Waals surface area contributed by atoms with E-state index in [1.54, 1.807) is 29.3 Å². The highest BCUT2D eigenvalue weighted by atomic mass is 16.7. The van der Waals surface area contributed by atoms with Crippen molar-refractivity contribution in [2.75, 3.05) is 18.8 Å². The fraction of sp³-hybridized carbons (Fsp3) is 0.207. The molecule has 0 bridgehead atoms. The first kappa shape index (κ1) is 23.9. The number of benzene rings is 3. The van der Waals surface area contributed by atoms with Gasteiger partial charge in [0.15, 0.2) is 17.3 Å². The lowest BCUT2D eigenvalue weighted by Crippen LogP contribution is -2.44. The molecule has 2 saturated heterocycles. The molecule has 2 fully saturated rings. The molecule has 4 unspecified atom stereocenters. The van der Waals surface area contributed by atoms with Gasteiger partial charge in [-0.15, -0.1) is 0 Å². The molecule has 7 rings (SSSR count). The van der Waals surface area contributed by atoms with Crippen LogP contribution in [0.15, 0.2) is 66.9 Å².